The van der Waals surface area contributed by atoms with Crippen molar-refractivity contribution in [3.05, 3.63) is 34.4 Å². The molecule has 1 aromatic carbocycles. The molecule has 0 atom stereocenters. The van der Waals surface area contributed by atoms with Crippen LogP contribution in [0.25, 0.3) is 0 Å². The van der Waals surface area contributed by atoms with Gasteiger partial charge in [0, 0.05) is 12.6 Å². The Kier molecular flexibility index (Phi) is 3.70. The van der Waals surface area contributed by atoms with Gasteiger partial charge in [-0.3, -0.25) is 10.1 Å². The van der Waals surface area contributed by atoms with Gasteiger partial charge in [-0.15, -0.1) is 0 Å². The minimum Gasteiger partial charge on any atom is -0.379 e. The highest BCUT2D eigenvalue weighted by atomic mass is 19.4. The predicted molar refractivity (Wildman–Crippen MR) is 52.3 cm³/mol. The fourth-order valence-electron chi connectivity index (χ4n) is 1.12. The number of para-hydroxylation sites is 2. The van der Waals surface area contributed by atoms with Crippen molar-refractivity contribution in [1.82, 2.24) is 0 Å². The van der Waals surface area contributed by atoms with Gasteiger partial charge < -0.3 is 5.32 Å². The Balaban J connectivity index is 2.64. The van der Waals surface area contributed by atoms with E-state index in [-0.39, 0.29) is 17.9 Å². The Labute approximate surface area is 89.2 Å². The van der Waals surface area contributed by atoms with E-state index in [4.69, 9.17) is 0 Å². The van der Waals surface area contributed by atoms with E-state index in [9.17, 15) is 23.3 Å². The van der Waals surface area contributed by atoms with Gasteiger partial charge in [-0.2, -0.15) is 13.2 Å². The van der Waals surface area contributed by atoms with Crippen LogP contribution in [0.2, 0.25) is 0 Å². The molecule has 0 radical (unpaired) electrons. The number of nitro benzene ring substituents is 1. The summed E-state index contributed by atoms with van der Waals surface area (Å²) < 4.78 is 35.5. The molecule has 0 aliphatic heterocycles. The molecule has 0 bridgehead atoms. The molecule has 1 N–H and O–H groups in total. The van der Waals surface area contributed by atoms with Crippen molar-refractivity contribution in [2.24, 2.45) is 0 Å². The molecular weight excluding hydrogens is 225 g/mol. The third kappa shape index (κ3) is 3.76. The topological polar surface area (TPSA) is 55.2 Å². The maximum absolute atomic E-state index is 11.8. The standard InChI is InChI=1S/C9H9F3N2O2/c10-9(11,12)5-6-13-7-3-1-2-4-8(7)14(15)16/h1-4,13H,5-6H2. The van der Waals surface area contributed by atoms with Gasteiger partial charge in [0.15, 0.2) is 0 Å². The van der Waals surface area contributed by atoms with Gasteiger partial charge in [-0.25, -0.2) is 0 Å². The maximum atomic E-state index is 11.8. The van der Waals surface area contributed by atoms with Crippen LogP contribution in [0.3, 0.4) is 0 Å². The second-order valence-electron chi connectivity index (χ2n) is 3.07. The first-order chi connectivity index (χ1) is 7.40. The number of rotatable bonds is 4. The molecule has 4 nitrogen and oxygen atoms in total. The van der Waals surface area contributed by atoms with Crippen LogP contribution in [-0.4, -0.2) is 17.6 Å². The second-order valence-corrected chi connectivity index (χ2v) is 3.07. The van der Waals surface area contributed by atoms with Crippen LogP contribution in [-0.2, 0) is 0 Å². The zero-order chi connectivity index (χ0) is 12.2. The average molecular weight is 234 g/mol. The van der Waals surface area contributed by atoms with Crippen LogP contribution >= 0.6 is 0 Å². The van der Waals surface area contributed by atoms with Crippen molar-refractivity contribution < 1.29 is 18.1 Å². The second kappa shape index (κ2) is 4.82. The van der Waals surface area contributed by atoms with E-state index in [0.29, 0.717) is 0 Å². The van der Waals surface area contributed by atoms with Crippen LogP contribution < -0.4 is 5.32 Å². The number of anilines is 1. The largest absolute Gasteiger partial charge is 0.390 e. The van der Waals surface area contributed by atoms with Gasteiger partial charge in [0.05, 0.1) is 11.3 Å². The number of nitrogens with zero attached hydrogens (tertiary/aromatic N) is 1. The Hall–Kier alpha value is -1.79. The minimum absolute atomic E-state index is 0.0942. The van der Waals surface area contributed by atoms with Crippen molar-refractivity contribution in [3.63, 3.8) is 0 Å². The summed E-state index contributed by atoms with van der Waals surface area (Å²) in [6.07, 6.45) is -5.30. The number of benzene rings is 1. The third-order valence-corrected chi connectivity index (χ3v) is 1.82. The highest BCUT2D eigenvalue weighted by molar-refractivity contribution is 5.60. The molecule has 1 aromatic rings. The third-order valence-electron chi connectivity index (χ3n) is 1.82. The Morgan fingerprint density at radius 2 is 1.94 bits per heavy atom. The highest BCUT2D eigenvalue weighted by Gasteiger charge is 2.26. The summed E-state index contributed by atoms with van der Waals surface area (Å²) in [5.41, 5.74) is -0.138. The average Bonchev–Trinajstić information content (AvgIpc) is 2.16. The van der Waals surface area contributed by atoms with Gasteiger partial charge in [-0.05, 0) is 6.07 Å². The van der Waals surface area contributed by atoms with Gasteiger partial charge in [-0.1, -0.05) is 12.1 Å². The van der Waals surface area contributed by atoms with Crippen molar-refractivity contribution in [1.29, 1.82) is 0 Å². The summed E-state index contributed by atoms with van der Waals surface area (Å²) in [5, 5.41) is 12.9. The van der Waals surface area contributed by atoms with Gasteiger partial charge in [0.1, 0.15) is 5.69 Å². The van der Waals surface area contributed by atoms with E-state index in [2.05, 4.69) is 5.32 Å². The first kappa shape index (κ1) is 12.3. The SMILES string of the molecule is O=[N+]([O-])c1ccccc1NCCC(F)(F)F. The van der Waals surface area contributed by atoms with E-state index in [1.807, 2.05) is 0 Å². The molecule has 0 saturated heterocycles. The molecule has 16 heavy (non-hydrogen) atoms. The maximum Gasteiger partial charge on any atom is 0.390 e. The van der Waals surface area contributed by atoms with Crippen LogP contribution in [0.15, 0.2) is 24.3 Å². The van der Waals surface area contributed by atoms with Crippen molar-refractivity contribution >= 4 is 11.4 Å². The number of alkyl halides is 3. The molecule has 0 aromatic heterocycles. The highest BCUT2D eigenvalue weighted by Crippen LogP contribution is 2.24. The quantitative estimate of drug-likeness (QED) is 0.643. The van der Waals surface area contributed by atoms with Crippen molar-refractivity contribution in [3.8, 4) is 0 Å². The summed E-state index contributed by atoms with van der Waals surface area (Å²) in [5.74, 6) is 0. The molecule has 0 aliphatic rings. The normalized spacial score (nSPS) is 11.2. The summed E-state index contributed by atoms with van der Waals surface area (Å²) in [7, 11) is 0. The van der Waals surface area contributed by atoms with Crippen LogP contribution in [0, 0.1) is 10.1 Å². The molecule has 0 spiro atoms. The molecule has 0 heterocycles. The van der Waals surface area contributed by atoms with E-state index < -0.39 is 17.5 Å². The monoisotopic (exact) mass is 234 g/mol. The number of hydrogen-bond donors (Lipinski definition) is 1. The Bertz CT molecular complexity index is 379. The zero-order valence-corrected chi connectivity index (χ0v) is 8.12. The van der Waals surface area contributed by atoms with Gasteiger partial charge in [0.2, 0.25) is 0 Å². The molecule has 0 unspecified atom stereocenters. The fourth-order valence-corrected chi connectivity index (χ4v) is 1.12. The van der Waals surface area contributed by atoms with E-state index in [1.54, 1.807) is 0 Å². The molecule has 1 rings (SSSR count). The molecule has 0 aliphatic carbocycles. The number of hydrogen-bond acceptors (Lipinski definition) is 3. The lowest BCUT2D eigenvalue weighted by molar-refractivity contribution is -0.384. The fraction of sp³-hybridized carbons (Fsp3) is 0.333. The Morgan fingerprint density at radius 3 is 2.50 bits per heavy atom. The van der Waals surface area contributed by atoms with Crippen LogP contribution in [0.1, 0.15) is 6.42 Å². The summed E-state index contributed by atoms with van der Waals surface area (Å²) in [6.45, 7) is -0.381. The molecule has 0 amide bonds. The van der Waals surface area contributed by atoms with Gasteiger partial charge in [0.25, 0.3) is 5.69 Å². The lowest BCUT2D eigenvalue weighted by atomic mass is 10.2. The predicted octanol–water partition coefficient (Wildman–Crippen LogP) is 2.96. The van der Waals surface area contributed by atoms with Crippen LogP contribution in [0.4, 0.5) is 24.5 Å². The van der Waals surface area contributed by atoms with Crippen molar-refractivity contribution in [2.45, 2.75) is 12.6 Å². The Morgan fingerprint density at radius 1 is 1.31 bits per heavy atom. The molecule has 0 fully saturated rings. The van der Waals surface area contributed by atoms with Crippen molar-refractivity contribution in [2.75, 3.05) is 11.9 Å². The number of nitrogens with one attached hydrogen (secondary N) is 1. The zero-order valence-electron chi connectivity index (χ0n) is 8.12. The molecule has 7 heteroatoms. The molecule has 88 valence electrons. The van der Waals surface area contributed by atoms with E-state index >= 15 is 0 Å². The first-order valence-electron chi connectivity index (χ1n) is 4.44. The van der Waals surface area contributed by atoms with E-state index in [0.717, 1.165) is 0 Å². The summed E-state index contributed by atoms with van der Waals surface area (Å²) in [4.78, 5) is 9.88. The first-order valence-corrected chi connectivity index (χ1v) is 4.44. The lowest BCUT2D eigenvalue weighted by Gasteiger charge is -2.08. The lowest BCUT2D eigenvalue weighted by Crippen LogP contribution is -2.15. The number of halogens is 3. The summed E-state index contributed by atoms with van der Waals surface area (Å²) in [6, 6.07) is 5.57. The van der Waals surface area contributed by atoms with E-state index in [1.165, 1.54) is 24.3 Å². The minimum atomic E-state index is -4.27. The molecule has 0 saturated carbocycles. The van der Waals surface area contributed by atoms with Crippen LogP contribution in [0.5, 0.6) is 0 Å². The van der Waals surface area contributed by atoms with Gasteiger partial charge >= 0.3 is 6.18 Å². The molecular formula is C9H9F3N2O2. The number of nitro groups is 1. The summed E-state index contributed by atoms with van der Waals surface area (Å²) >= 11 is 0. The smallest absolute Gasteiger partial charge is 0.379 e.